The van der Waals surface area contributed by atoms with Crippen LogP contribution in [0.3, 0.4) is 0 Å². The molecule has 0 aliphatic heterocycles. The zero-order valence-corrected chi connectivity index (χ0v) is 23.1. The van der Waals surface area contributed by atoms with Crippen molar-refractivity contribution in [1.29, 1.82) is 0 Å². The molecule has 0 aliphatic carbocycles. The summed E-state index contributed by atoms with van der Waals surface area (Å²) in [6, 6.07) is 28.1. The molecule has 3 aromatic carbocycles. The number of H-pyrrole nitrogens is 1. The largest absolute Gasteiger partial charge is 0.481 e. The Morgan fingerprint density at radius 1 is 0.900 bits per heavy atom. The summed E-state index contributed by atoms with van der Waals surface area (Å²) >= 11 is 0. The van der Waals surface area contributed by atoms with Gasteiger partial charge in [-0.15, -0.1) is 0 Å². The number of aryl methyl sites for hydroxylation is 1. The fraction of sp³-hybridized carbons (Fsp3) is 0.324. The zero-order valence-electron chi connectivity index (χ0n) is 23.1. The second kappa shape index (κ2) is 14.8. The predicted octanol–water partition coefficient (Wildman–Crippen LogP) is 7.01. The summed E-state index contributed by atoms with van der Waals surface area (Å²) < 4.78 is 0. The monoisotopic (exact) mass is 537 g/mol. The van der Waals surface area contributed by atoms with Gasteiger partial charge in [0.1, 0.15) is 5.82 Å². The summed E-state index contributed by atoms with van der Waals surface area (Å²) in [7, 11) is 0. The van der Waals surface area contributed by atoms with E-state index in [2.05, 4.69) is 46.5 Å². The Bertz CT molecular complexity index is 1320. The van der Waals surface area contributed by atoms with Gasteiger partial charge in [-0.3, -0.25) is 9.59 Å². The molecule has 0 spiro atoms. The van der Waals surface area contributed by atoms with Crippen LogP contribution in [0.1, 0.15) is 62.0 Å². The Morgan fingerprint density at radius 3 is 2.27 bits per heavy atom. The molecular formula is C34H39N3O3. The molecule has 4 rings (SSSR count). The molecule has 3 unspecified atom stereocenters. The zero-order chi connectivity index (χ0) is 28.2. The molecule has 1 aromatic heterocycles. The summed E-state index contributed by atoms with van der Waals surface area (Å²) in [4.78, 5) is 33.7. The van der Waals surface area contributed by atoms with E-state index in [-0.39, 0.29) is 11.9 Å². The number of amides is 1. The average molecular weight is 538 g/mol. The number of carboxylic acids is 1. The van der Waals surface area contributed by atoms with E-state index in [0.29, 0.717) is 37.9 Å². The Kier molecular flexibility index (Phi) is 10.7. The van der Waals surface area contributed by atoms with Crippen LogP contribution >= 0.6 is 0 Å². The minimum absolute atomic E-state index is 0.128. The van der Waals surface area contributed by atoms with Crippen molar-refractivity contribution < 1.29 is 14.7 Å². The van der Waals surface area contributed by atoms with Crippen LogP contribution in [0, 0.1) is 11.8 Å². The van der Waals surface area contributed by atoms with E-state index in [1.807, 2.05) is 60.7 Å². The Morgan fingerprint density at radius 2 is 1.60 bits per heavy atom. The van der Waals surface area contributed by atoms with Gasteiger partial charge < -0.3 is 15.4 Å². The number of aliphatic carboxylic acids is 1. The number of carbonyl (C=O) groups excluding carboxylic acids is 1. The fourth-order valence-electron chi connectivity index (χ4n) is 5.28. The number of aromatic amines is 1. The van der Waals surface area contributed by atoms with Crippen molar-refractivity contribution in [1.82, 2.24) is 15.3 Å². The summed E-state index contributed by atoms with van der Waals surface area (Å²) in [5.74, 6) is -1.28. The lowest BCUT2D eigenvalue weighted by Gasteiger charge is -2.24. The first-order chi connectivity index (χ1) is 19.5. The third kappa shape index (κ3) is 8.15. The number of rotatable bonds is 15. The standard InChI is InChI=1S/C34H39N3O3/c1-2-3-14-29(34(39)40)24-28(20-19-27-17-10-11-18-30(27)26-15-8-5-9-16-26)33(38)37-31(32-35-21-22-36-32)23-25-12-6-4-7-13-25/h4-13,15-18,21-22,28-29,31H,2-3,14,19-20,23-24H2,1H3,(H,35,36)(H,37,38)(H,39,40). The van der Waals surface area contributed by atoms with Crippen LogP contribution in [0.4, 0.5) is 0 Å². The highest BCUT2D eigenvalue weighted by molar-refractivity contribution is 5.80. The van der Waals surface area contributed by atoms with E-state index >= 15 is 0 Å². The molecule has 0 saturated heterocycles. The van der Waals surface area contributed by atoms with E-state index in [1.165, 1.54) is 0 Å². The number of carbonyl (C=O) groups is 2. The number of nitrogens with zero attached hydrogens (tertiary/aromatic N) is 1. The molecule has 0 fully saturated rings. The summed E-state index contributed by atoms with van der Waals surface area (Å²) in [5, 5.41) is 13.2. The molecule has 0 bridgehead atoms. The van der Waals surface area contributed by atoms with Gasteiger partial charge in [0, 0.05) is 18.3 Å². The molecule has 6 heteroatoms. The maximum Gasteiger partial charge on any atom is 0.306 e. The lowest BCUT2D eigenvalue weighted by Crippen LogP contribution is -2.37. The van der Waals surface area contributed by atoms with Crippen molar-refractivity contribution in [3.05, 3.63) is 114 Å². The van der Waals surface area contributed by atoms with Crippen LogP contribution in [-0.2, 0) is 22.4 Å². The molecule has 1 heterocycles. The van der Waals surface area contributed by atoms with Crippen LogP contribution in [-0.4, -0.2) is 27.0 Å². The van der Waals surface area contributed by atoms with Crippen molar-refractivity contribution in [2.45, 2.75) is 57.9 Å². The van der Waals surface area contributed by atoms with Gasteiger partial charge in [0.2, 0.25) is 5.91 Å². The molecule has 3 atom stereocenters. The van der Waals surface area contributed by atoms with Gasteiger partial charge in [0.15, 0.2) is 0 Å². The third-order valence-electron chi connectivity index (χ3n) is 7.51. The van der Waals surface area contributed by atoms with Gasteiger partial charge in [-0.2, -0.15) is 0 Å². The topological polar surface area (TPSA) is 95.1 Å². The Balaban J connectivity index is 1.57. The lowest BCUT2D eigenvalue weighted by molar-refractivity contribution is -0.143. The maximum atomic E-state index is 13.9. The van der Waals surface area contributed by atoms with Crippen molar-refractivity contribution in [3.63, 3.8) is 0 Å². The summed E-state index contributed by atoms with van der Waals surface area (Å²) in [5.41, 5.74) is 4.51. The minimum atomic E-state index is -0.831. The Hall–Kier alpha value is -4.19. The first-order valence-corrected chi connectivity index (χ1v) is 14.2. The molecular weight excluding hydrogens is 498 g/mol. The van der Waals surface area contributed by atoms with Crippen molar-refractivity contribution in [2.75, 3.05) is 0 Å². The second-order valence-corrected chi connectivity index (χ2v) is 10.4. The van der Waals surface area contributed by atoms with Crippen LogP contribution in [0.25, 0.3) is 11.1 Å². The molecule has 0 radical (unpaired) electrons. The number of nitrogens with one attached hydrogen (secondary N) is 2. The quantitative estimate of drug-likeness (QED) is 0.152. The molecule has 208 valence electrons. The molecule has 3 N–H and O–H groups in total. The second-order valence-electron chi connectivity index (χ2n) is 10.4. The van der Waals surface area contributed by atoms with Gasteiger partial charge in [0.25, 0.3) is 0 Å². The highest BCUT2D eigenvalue weighted by Crippen LogP contribution is 2.29. The number of hydrogen-bond donors (Lipinski definition) is 3. The molecule has 0 saturated carbocycles. The van der Waals surface area contributed by atoms with Crippen LogP contribution in [0.5, 0.6) is 0 Å². The lowest BCUT2D eigenvalue weighted by atomic mass is 9.85. The van der Waals surface area contributed by atoms with Gasteiger partial charge in [-0.05, 0) is 54.4 Å². The Labute approximate surface area is 236 Å². The van der Waals surface area contributed by atoms with Gasteiger partial charge in [0.05, 0.1) is 12.0 Å². The van der Waals surface area contributed by atoms with E-state index in [9.17, 15) is 14.7 Å². The number of aromatic nitrogens is 2. The first kappa shape index (κ1) is 28.8. The van der Waals surface area contributed by atoms with E-state index < -0.39 is 17.8 Å². The number of hydrogen-bond acceptors (Lipinski definition) is 3. The molecule has 1 amide bonds. The van der Waals surface area contributed by atoms with Crippen molar-refractivity contribution in [3.8, 4) is 11.1 Å². The summed E-state index contributed by atoms with van der Waals surface area (Å²) in [6.45, 7) is 2.06. The van der Waals surface area contributed by atoms with Crippen molar-refractivity contribution >= 4 is 11.9 Å². The van der Waals surface area contributed by atoms with E-state index in [1.54, 1.807) is 12.4 Å². The molecule has 40 heavy (non-hydrogen) atoms. The third-order valence-corrected chi connectivity index (χ3v) is 7.51. The van der Waals surface area contributed by atoms with Crippen LogP contribution in [0.15, 0.2) is 97.3 Å². The highest BCUT2D eigenvalue weighted by Gasteiger charge is 2.29. The maximum absolute atomic E-state index is 13.9. The van der Waals surface area contributed by atoms with Crippen molar-refractivity contribution in [2.24, 2.45) is 11.8 Å². The molecule has 4 aromatic rings. The normalized spacial score (nSPS) is 13.3. The van der Waals surface area contributed by atoms with Crippen LogP contribution in [0.2, 0.25) is 0 Å². The van der Waals surface area contributed by atoms with Gasteiger partial charge in [-0.1, -0.05) is 105 Å². The van der Waals surface area contributed by atoms with E-state index in [4.69, 9.17) is 0 Å². The molecule has 0 aliphatic rings. The predicted molar refractivity (Wildman–Crippen MR) is 159 cm³/mol. The fourth-order valence-corrected chi connectivity index (χ4v) is 5.28. The summed E-state index contributed by atoms with van der Waals surface area (Å²) in [6.07, 6.45) is 7.88. The smallest absolute Gasteiger partial charge is 0.306 e. The van der Waals surface area contributed by atoms with Crippen LogP contribution < -0.4 is 5.32 Å². The SMILES string of the molecule is CCCCC(CC(CCc1ccccc1-c1ccccc1)C(=O)NC(Cc1ccccc1)c1ncc[nH]1)C(=O)O. The first-order valence-electron chi connectivity index (χ1n) is 14.2. The number of carboxylic acid groups (broad SMARTS) is 1. The van der Waals surface area contributed by atoms with Gasteiger partial charge >= 0.3 is 5.97 Å². The molecule has 6 nitrogen and oxygen atoms in total. The number of benzene rings is 3. The number of unbranched alkanes of at least 4 members (excludes halogenated alkanes) is 1. The average Bonchev–Trinajstić information content (AvgIpc) is 3.53. The minimum Gasteiger partial charge on any atom is -0.481 e. The highest BCUT2D eigenvalue weighted by atomic mass is 16.4. The number of imidazole rings is 1. The van der Waals surface area contributed by atoms with E-state index in [0.717, 1.165) is 35.1 Å². The van der Waals surface area contributed by atoms with Gasteiger partial charge in [-0.25, -0.2) is 4.98 Å².